The molecule has 0 spiro atoms. The van der Waals surface area contributed by atoms with Crippen molar-refractivity contribution in [1.29, 1.82) is 0 Å². The lowest BCUT2D eigenvalue weighted by Crippen LogP contribution is -2.11. The fourth-order valence-electron chi connectivity index (χ4n) is 2.70. The fraction of sp³-hybridized carbons (Fsp3) is 0.700. The van der Waals surface area contributed by atoms with Crippen molar-refractivity contribution < 1.29 is 4.74 Å². The number of unbranched alkanes of at least 4 members (excludes halogenated alkanes) is 7. The van der Waals surface area contributed by atoms with Crippen LogP contribution in [0, 0.1) is 0 Å². The maximum Gasteiger partial charge on any atom is 0.0720 e. The van der Waals surface area contributed by atoms with E-state index in [1.54, 1.807) is 0 Å². The molecule has 0 heterocycles. The van der Waals surface area contributed by atoms with E-state index in [1.807, 2.05) is 0 Å². The second-order valence-corrected chi connectivity index (χ2v) is 6.09. The van der Waals surface area contributed by atoms with Gasteiger partial charge in [0.2, 0.25) is 0 Å². The maximum atomic E-state index is 6.04. The van der Waals surface area contributed by atoms with Crippen LogP contribution < -0.4 is 0 Å². The minimum atomic E-state index is 0.435. The first-order valence-electron chi connectivity index (χ1n) is 9.02. The van der Waals surface area contributed by atoms with E-state index in [1.165, 1.54) is 63.4 Å². The summed E-state index contributed by atoms with van der Waals surface area (Å²) in [5, 5.41) is 0. The Labute approximate surface area is 132 Å². The smallest absolute Gasteiger partial charge is 0.0720 e. The molecule has 0 fully saturated rings. The first kappa shape index (κ1) is 18.2. The van der Waals surface area contributed by atoms with Gasteiger partial charge in [-0.1, -0.05) is 95.5 Å². The molecule has 1 rings (SSSR count). The van der Waals surface area contributed by atoms with E-state index in [-0.39, 0.29) is 0 Å². The minimum Gasteiger partial charge on any atom is -0.374 e. The molecule has 0 N–H and O–H groups in total. The van der Waals surface area contributed by atoms with Crippen LogP contribution in [0.15, 0.2) is 30.3 Å². The zero-order chi connectivity index (χ0) is 15.2. The van der Waals surface area contributed by atoms with Crippen molar-refractivity contribution in [3.05, 3.63) is 35.9 Å². The van der Waals surface area contributed by atoms with E-state index in [0.717, 1.165) is 13.0 Å². The van der Waals surface area contributed by atoms with E-state index in [2.05, 4.69) is 44.2 Å². The van der Waals surface area contributed by atoms with Crippen LogP contribution in [0.5, 0.6) is 0 Å². The Morgan fingerprint density at radius 2 is 1.43 bits per heavy atom. The van der Waals surface area contributed by atoms with Gasteiger partial charge in [0.05, 0.1) is 12.7 Å². The molecule has 1 atom stereocenters. The van der Waals surface area contributed by atoms with E-state index in [4.69, 9.17) is 4.74 Å². The molecule has 1 heteroatoms. The second-order valence-electron chi connectivity index (χ2n) is 6.09. The Hall–Kier alpha value is -0.820. The van der Waals surface area contributed by atoms with Gasteiger partial charge in [-0.05, 0) is 18.4 Å². The van der Waals surface area contributed by atoms with E-state index in [0.29, 0.717) is 6.10 Å². The van der Waals surface area contributed by atoms with Crippen LogP contribution in [-0.2, 0) is 11.3 Å². The average molecular weight is 290 g/mol. The van der Waals surface area contributed by atoms with Crippen molar-refractivity contribution in [2.75, 3.05) is 0 Å². The molecule has 120 valence electrons. The molecular weight excluding hydrogens is 256 g/mol. The lowest BCUT2D eigenvalue weighted by molar-refractivity contribution is 0.0309. The summed E-state index contributed by atoms with van der Waals surface area (Å²) in [5.41, 5.74) is 1.28. The monoisotopic (exact) mass is 290 g/mol. The highest BCUT2D eigenvalue weighted by Gasteiger charge is 2.06. The van der Waals surface area contributed by atoms with Crippen LogP contribution in [0.4, 0.5) is 0 Å². The molecule has 21 heavy (non-hydrogen) atoms. The molecule has 0 aromatic heterocycles. The third-order valence-corrected chi connectivity index (χ3v) is 4.16. The van der Waals surface area contributed by atoms with Crippen molar-refractivity contribution in [3.8, 4) is 0 Å². The van der Waals surface area contributed by atoms with Gasteiger partial charge in [-0.2, -0.15) is 0 Å². The number of rotatable bonds is 13. The summed E-state index contributed by atoms with van der Waals surface area (Å²) in [5.74, 6) is 0. The van der Waals surface area contributed by atoms with E-state index < -0.39 is 0 Å². The minimum absolute atomic E-state index is 0.435. The molecule has 0 bridgehead atoms. The predicted molar refractivity (Wildman–Crippen MR) is 92.5 cm³/mol. The van der Waals surface area contributed by atoms with Crippen LogP contribution in [0.25, 0.3) is 0 Å². The quantitative estimate of drug-likeness (QED) is 0.376. The third kappa shape index (κ3) is 9.68. The van der Waals surface area contributed by atoms with Crippen molar-refractivity contribution in [2.24, 2.45) is 0 Å². The van der Waals surface area contributed by atoms with Gasteiger partial charge >= 0.3 is 0 Å². The third-order valence-electron chi connectivity index (χ3n) is 4.16. The zero-order valence-electron chi connectivity index (χ0n) is 14.2. The lowest BCUT2D eigenvalue weighted by atomic mass is 10.0. The molecule has 0 aliphatic carbocycles. The van der Waals surface area contributed by atoms with Gasteiger partial charge in [0.15, 0.2) is 0 Å². The molecule has 0 saturated heterocycles. The summed E-state index contributed by atoms with van der Waals surface area (Å²) in [6, 6.07) is 10.5. The lowest BCUT2D eigenvalue weighted by Gasteiger charge is -2.16. The van der Waals surface area contributed by atoms with E-state index >= 15 is 0 Å². The van der Waals surface area contributed by atoms with Gasteiger partial charge in [0.1, 0.15) is 0 Å². The van der Waals surface area contributed by atoms with Gasteiger partial charge in [-0.3, -0.25) is 0 Å². The summed E-state index contributed by atoms with van der Waals surface area (Å²) in [6.45, 7) is 5.27. The van der Waals surface area contributed by atoms with Gasteiger partial charge < -0.3 is 4.74 Å². The SMILES string of the molecule is CCCCCCCCCC[C@@H](CC)OCc1ccccc1. The van der Waals surface area contributed by atoms with Crippen molar-refractivity contribution in [3.63, 3.8) is 0 Å². The second kappa shape index (κ2) is 12.9. The standard InChI is InChI=1S/C20H34O/c1-3-5-6-7-8-9-10-14-17-20(4-2)21-18-19-15-12-11-13-16-19/h11-13,15-16,20H,3-10,14,17-18H2,1-2H3/t20-/m1/s1. The van der Waals surface area contributed by atoms with Gasteiger partial charge in [-0.15, -0.1) is 0 Å². The Morgan fingerprint density at radius 1 is 0.810 bits per heavy atom. The highest BCUT2D eigenvalue weighted by Crippen LogP contribution is 2.15. The first-order chi connectivity index (χ1) is 10.4. The number of hydrogen-bond acceptors (Lipinski definition) is 1. The summed E-state index contributed by atoms with van der Waals surface area (Å²) >= 11 is 0. The van der Waals surface area contributed by atoms with Crippen molar-refractivity contribution >= 4 is 0 Å². The molecule has 0 aliphatic heterocycles. The normalized spacial score (nSPS) is 12.5. The van der Waals surface area contributed by atoms with Gasteiger partial charge in [0.25, 0.3) is 0 Å². The predicted octanol–water partition coefficient (Wildman–Crippen LogP) is 6.51. The Balaban J connectivity index is 2.01. The van der Waals surface area contributed by atoms with Crippen LogP contribution in [0.1, 0.15) is 83.6 Å². The van der Waals surface area contributed by atoms with E-state index in [9.17, 15) is 0 Å². The highest BCUT2D eigenvalue weighted by molar-refractivity contribution is 5.13. The molecule has 1 aromatic rings. The van der Waals surface area contributed by atoms with Crippen LogP contribution >= 0.6 is 0 Å². The Kier molecular flexibility index (Phi) is 11.2. The molecule has 0 saturated carbocycles. The van der Waals surface area contributed by atoms with Gasteiger partial charge in [-0.25, -0.2) is 0 Å². The average Bonchev–Trinajstić information content (AvgIpc) is 2.54. The van der Waals surface area contributed by atoms with Crippen LogP contribution in [0.3, 0.4) is 0 Å². The molecule has 1 aromatic carbocycles. The largest absolute Gasteiger partial charge is 0.374 e. The van der Waals surface area contributed by atoms with Crippen LogP contribution in [-0.4, -0.2) is 6.10 Å². The molecule has 0 unspecified atom stereocenters. The Bertz CT molecular complexity index is 320. The zero-order valence-corrected chi connectivity index (χ0v) is 14.2. The molecule has 0 aliphatic rings. The molecule has 0 amide bonds. The number of ether oxygens (including phenoxy) is 1. The number of benzene rings is 1. The van der Waals surface area contributed by atoms with Gasteiger partial charge in [0, 0.05) is 0 Å². The maximum absolute atomic E-state index is 6.04. The summed E-state index contributed by atoms with van der Waals surface area (Å²) in [4.78, 5) is 0. The molecule has 1 nitrogen and oxygen atoms in total. The first-order valence-corrected chi connectivity index (χ1v) is 9.02. The summed E-state index contributed by atoms with van der Waals surface area (Å²) in [6.07, 6.45) is 13.9. The van der Waals surface area contributed by atoms with Crippen LogP contribution in [0.2, 0.25) is 0 Å². The Morgan fingerprint density at radius 3 is 2.05 bits per heavy atom. The molecular formula is C20H34O. The topological polar surface area (TPSA) is 9.23 Å². The fourth-order valence-corrected chi connectivity index (χ4v) is 2.70. The summed E-state index contributed by atoms with van der Waals surface area (Å²) < 4.78 is 6.04. The highest BCUT2D eigenvalue weighted by atomic mass is 16.5. The molecule has 0 radical (unpaired) electrons. The number of hydrogen-bond donors (Lipinski definition) is 0. The summed E-state index contributed by atoms with van der Waals surface area (Å²) in [7, 11) is 0. The van der Waals surface area contributed by atoms with Crippen molar-refractivity contribution in [1.82, 2.24) is 0 Å². The van der Waals surface area contributed by atoms with Crippen molar-refractivity contribution in [2.45, 2.75) is 90.8 Å².